The fourth-order valence-electron chi connectivity index (χ4n) is 2.79. The van der Waals surface area contributed by atoms with E-state index in [1.807, 2.05) is 6.92 Å². The van der Waals surface area contributed by atoms with Crippen LogP contribution in [0.1, 0.15) is 51.9 Å². The second kappa shape index (κ2) is 7.74. The number of methoxy groups -OCH3 is 1. The average molecular weight is 257 g/mol. The van der Waals surface area contributed by atoms with E-state index in [-0.39, 0.29) is 24.0 Å². The average Bonchev–Trinajstić information content (AvgIpc) is 2.84. The topological polar surface area (TPSA) is 58.6 Å². The maximum atomic E-state index is 12.4. The second-order valence-electron chi connectivity index (χ2n) is 5.47. The van der Waals surface area contributed by atoms with E-state index in [9.17, 15) is 4.79 Å². The molecule has 0 aromatic carbocycles. The van der Waals surface area contributed by atoms with Gasteiger partial charge in [0.1, 0.15) is 0 Å². The second-order valence-corrected chi connectivity index (χ2v) is 5.47. The molecule has 4 nitrogen and oxygen atoms in total. The SMILES string of the molecule is COCCC1(C(=O)NC(C)CCCO)CCCC1. The molecule has 1 aliphatic carbocycles. The Morgan fingerprint density at radius 2 is 2.11 bits per heavy atom. The highest BCUT2D eigenvalue weighted by Crippen LogP contribution is 2.41. The molecular formula is C14H27NO3. The summed E-state index contributed by atoms with van der Waals surface area (Å²) in [4.78, 5) is 12.4. The van der Waals surface area contributed by atoms with Crippen molar-refractivity contribution in [3.8, 4) is 0 Å². The van der Waals surface area contributed by atoms with Crippen molar-refractivity contribution < 1.29 is 14.6 Å². The van der Waals surface area contributed by atoms with Gasteiger partial charge >= 0.3 is 0 Å². The molecule has 0 radical (unpaired) electrons. The van der Waals surface area contributed by atoms with E-state index in [4.69, 9.17) is 9.84 Å². The van der Waals surface area contributed by atoms with Crippen LogP contribution in [0.5, 0.6) is 0 Å². The van der Waals surface area contributed by atoms with Crippen molar-refractivity contribution in [3.63, 3.8) is 0 Å². The van der Waals surface area contributed by atoms with Crippen LogP contribution in [0.4, 0.5) is 0 Å². The molecule has 1 rings (SSSR count). The van der Waals surface area contributed by atoms with Crippen LogP contribution in [0.15, 0.2) is 0 Å². The number of nitrogens with one attached hydrogen (secondary N) is 1. The molecule has 0 aliphatic heterocycles. The lowest BCUT2D eigenvalue weighted by Gasteiger charge is -2.29. The Hall–Kier alpha value is -0.610. The summed E-state index contributed by atoms with van der Waals surface area (Å²) in [5, 5.41) is 11.9. The van der Waals surface area contributed by atoms with Crippen LogP contribution in [0.25, 0.3) is 0 Å². The molecule has 1 aliphatic rings. The predicted molar refractivity (Wildman–Crippen MR) is 71.3 cm³/mol. The number of ether oxygens (including phenoxy) is 1. The van der Waals surface area contributed by atoms with Crippen molar-refractivity contribution in [2.75, 3.05) is 20.3 Å². The van der Waals surface area contributed by atoms with Crippen LogP contribution in [0, 0.1) is 5.41 Å². The largest absolute Gasteiger partial charge is 0.396 e. The van der Waals surface area contributed by atoms with Crippen molar-refractivity contribution in [1.82, 2.24) is 5.32 Å². The van der Waals surface area contributed by atoms with Gasteiger partial charge < -0.3 is 15.2 Å². The number of carbonyl (C=O) groups is 1. The van der Waals surface area contributed by atoms with Crippen molar-refractivity contribution in [1.29, 1.82) is 0 Å². The lowest BCUT2D eigenvalue weighted by Crippen LogP contribution is -2.44. The van der Waals surface area contributed by atoms with Crippen LogP contribution < -0.4 is 5.32 Å². The molecule has 0 aromatic heterocycles. The smallest absolute Gasteiger partial charge is 0.226 e. The molecule has 0 heterocycles. The molecule has 1 atom stereocenters. The maximum Gasteiger partial charge on any atom is 0.226 e. The summed E-state index contributed by atoms with van der Waals surface area (Å²) in [7, 11) is 1.68. The third-order valence-electron chi connectivity index (χ3n) is 4.00. The standard InChI is InChI=1S/C14H27NO3/c1-12(6-5-10-16)15-13(17)14(9-11-18-2)7-3-4-8-14/h12,16H,3-11H2,1-2H3,(H,15,17). The van der Waals surface area contributed by atoms with E-state index >= 15 is 0 Å². The fraction of sp³-hybridized carbons (Fsp3) is 0.929. The molecule has 106 valence electrons. The summed E-state index contributed by atoms with van der Waals surface area (Å²) in [6.45, 7) is 2.85. The Balaban J connectivity index is 2.49. The van der Waals surface area contributed by atoms with E-state index < -0.39 is 0 Å². The molecule has 4 heteroatoms. The first-order valence-corrected chi connectivity index (χ1v) is 7.05. The first kappa shape index (κ1) is 15.4. The zero-order chi connectivity index (χ0) is 13.4. The monoisotopic (exact) mass is 257 g/mol. The molecule has 1 unspecified atom stereocenters. The Kier molecular flexibility index (Phi) is 6.65. The third kappa shape index (κ3) is 4.25. The highest BCUT2D eigenvalue weighted by Gasteiger charge is 2.40. The molecular weight excluding hydrogens is 230 g/mol. The number of aliphatic hydroxyl groups excluding tert-OH is 1. The Labute approximate surface area is 110 Å². The number of rotatable bonds is 8. The molecule has 2 N–H and O–H groups in total. The zero-order valence-corrected chi connectivity index (χ0v) is 11.7. The lowest BCUT2D eigenvalue weighted by atomic mass is 9.81. The molecule has 0 spiro atoms. The summed E-state index contributed by atoms with van der Waals surface area (Å²) in [5.41, 5.74) is -0.205. The van der Waals surface area contributed by atoms with E-state index in [0.29, 0.717) is 6.61 Å². The molecule has 1 fully saturated rings. The third-order valence-corrected chi connectivity index (χ3v) is 4.00. The number of hydrogen-bond donors (Lipinski definition) is 2. The molecule has 0 bridgehead atoms. The number of amides is 1. The van der Waals surface area contributed by atoms with Gasteiger partial charge in [0.05, 0.1) is 5.41 Å². The fourth-order valence-corrected chi connectivity index (χ4v) is 2.79. The van der Waals surface area contributed by atoms with Gasteiger partial charge in [-0.05, 0) is 39.0 Å². The van der Waals surface area contributed by atoms with Crippen molar-refractivity contribution in [2.24, 2.45) is 5.41 Å². The number of hydrogen-bond acceptors (Lipinski definition) is 3. The lowest BCUT2D eigenvalue weighted by molar-refractivity contribution is -0.132. The van der Waals surface area contributed by atoms with Crippen molar-refractivity contribution >= 4 is 5.91 Å². The van der Waals surface area contributed by atoms with Gasteiger partial charge in [-0.2, -0.15) is 0 Å². The van der Waals surface area contributed by atoms with Gasteiger partial charge in [-0.15, -0.1) is 0 Å². The van der Waals surface area contributed by atoms with Gasteiger partial charge in [0.2, 0.25) is 5.91 Å². The van der Waals surface area contributed by atoms with Crippen LogP contribution >= 0.6 is 0 Å². The van der Waals surface area contributed by atoms with Gasteiger partial charge in [0.25, 0.3) is 0 Å². The zero-order valence-electron chi connectivity index (χ0n) is 11.7. The Morgan fingerprint density at radius 1 is 1.44 bits per heavy atom. The molecule has 18 heavy (non-hydrogen) atoms. The quantitative estimate of drug-likeness (QED) is 0.698. The summed E-state index contributed by atoms with van der Waals surface area (Å²) in [6, 6.07) is 0.143. The summed E-state index contributed by atoms with van der Waals surface area (Å²) in [6.07, 6.45) is 6.64. The molecule has 1 saturated carbocycles. The minimum Gasteiger partial charge on any atom is -0.396 e. The predicted octanol–water partition coefficient (Wildman–Crippen LogP) is 1.86. The highest BCUT2D eigenvalue weighted by molar-refractivity contribution is 5.83. The van der Waals surface area contributed by atoms with Crippen LogP contribution in [-0.2, 0) is 9.53 Å². The van der Waals surface area contributed by atoms with E-state index in [2.05, 4.69) is 5.32 Å². The Morgan fingerprint density at radius 3 is 2.67 bits per heavy atom. The van der Waals surface area contributed by atoms with E-state index in [1.165, 1.54) is 0 Å². The van der Waals surface area contributed by atoms with Gasteiger partial charge in [0, 0.05) is 26.4 Å². The molecule has 0 aromatic rings. The maximum absolute atomic E-state index is 12.4. The minimum atomic E-state index is -0.205. The minimum absolute atomic E-state index is 0.143. The summed E-state index contributed by atoms with van der Waals surface area (Å²) < 4.78 is 5.14. The first-order valence-electron chi connectivity index (χ1n) is 7.05. The number of carbonyl (C=O) groups excluding carboxylic acids is 1. The van der Waals surface area contributed by atoms with Gasteiger partial charge in [-0.3, -0.25) is 4.79 Å². The van der Waals surface area contributed by atoms with E-state index in [0.717, 1.165) is 44.9 Å². The van der Waals surface area contributed by atoms with Crippen molar-refractivity contribution in [2.45, 2.75) is 57.9 Å². The van der Waals surface area contributed by atoms with Gasteiger partial charge in [-0.1, -0.05) is 12.8 Å². The van der Waals surface area contributed by atoms with Gasteiger partial charge in [0.15, 0.2) is 0 Å². The summed E-state index contributed by atoms with van der Waals surface area (Å²) in [5.74, 6) is 0.183. The van der Waals surface area contributed by atoms with Gasteiger partial charge in [-0.25, -0.2) is 0 Å². The highest BCUT2D eigenvalue weighted by atomic mass is 16.5. The van der Waals surface area contributed by atoms with Crippen LogP contribution in [-0.4, -0.2) is 37.4 Å². The number of aliphatic hydroxyl groups is 1. The van der Waals surface area contributed by atoms with E-state index in [1.54, 1.807) is 7.11 Å². The summed E-state index contributed by atoms with van der Waals surface area (Å²) >= 11 is 0. The molecule has 0 saturated heterocycles. The van der Waals surface area contributed by atoms with Crippen molar-refractivity contribution in [3.05, 3.63) is 0 Å². The Bertz CT molecular complexity index is 249. The van der Waals surface area contributed by atoms with Crippen LogP contribution in [0.3, 0.4) is 0 Å². The van der Waals surface area contributed by atoms with Crippen LogP contribution in [0.2, 0.25) is 0 Å². The molecule has 1 amide bonds. The normalized spacial score (nSPS) is 19.7. The first-order chi connectivity index (χ1) is 8.64.